The van der Waals surface area contributed by atoms with Gasteiger partial charge in [0.25, 0.3) is 0 Å². The highest BCUT2D eigenvalue weighted by Gasteiger charge is 2.14. The molecular weight excluding hydrogens is 305 g/mol. The van der Waals surface area contributed by atoms with Crippen molar-refractivity contribution in [2.24, 2.45) is 0 Å². The van der Waals surface area contributed by atoms with Gasteiger partial charge in [-0.2, -0.15) is 0 Å². The zero-order valence-electron chi connectivity index (χ0n) is 14.4. The van der Waals surface area contributed by atoms with Crippen molar-refractivity contribution < 1.29 is 14.2 Å². The second-order valence-electron chi connectivity index (χ2n) is 6.32. The van der Waals surface area contributed by atoms with Gasteiger partial charge in [-0.15, -0.1) is 0 Å². The van der Waals surface area contributed by atoms with Crippen LogP contribution in [0.1, 0.15) is 25.0 Å². The van der Waals surface area contributed by atoms with Crippen LogP contribution in [0.2, 0.25) is 0 Å². The van der Waals surface area contributed by atoms with Crippen LogP contribution >= 0.6 is 0 Å². The Morgan fingerprint density at radius 3 is 2.12 bits per heavy atom. The van der Waals surface area contributed by atoms with E-state index in [4.69, 9.17) is 4.74 Å². The maximum atomic E-state index is 13.1. The van der Waals surface area contributed by atoms with E-state index in [1.165, 1.54) is 17.7 Å². The molecule has 0 unspecified atom stereocenters. The number of halogens is 1. The fraction of sp³-hybridized carbons (Fsp3) is 0.400. The molecule has 0 aromatic heterocycles. The van der Waals surface area contributed by atoms with E-state index in [9.17, 15) is 9.50 Å². The van der Waals surface area contributed by atoms with Gasteiger partial charge in [0, 0.05) is 19.6 Å². The normalized spacial score (nSPS) is 12.8. The van der Waals surface area contributed by atoms with E-state index in [2.05, 4.69) is 17.0 Å². The largest absolute Gasteiger partial charge is 0.389 e. The Morgan fingerprint density at radius 1 is 0.958 bits per heavy atom. The van der Waals surface area contributed by atoms with Crippen LogP contribution in [0.4, 0.5) is 4.39 Å². The van der Waals surface area contributed by atoms with Crippen LogP contribution in [0.5, 0.6) is 0 Å². The van der Waals surface area contributed by atoms with Gasteiger partial charge in [0.1, 0.15) is 5.82 Å². The molecule has 0 aliphatic rings. The smallest absolute Gasteiger partial charge is 0.123 e. The lowest BCUT2D eigenvalue weighted by Gasteiger charge is -2.26. The summed E-state index contributed by atoms with van der Waals surface area (Å²) in [6, 6.07) is 16.6. The lowest BCUT2D eigenvalue weighted by Crippen LogP contribution is -2.34. The molecule has 130 valence electrons. The predicted molar refractivity (Wildman–Crippen MR) is 94.1 cm³/mol. The summed E-state index contributed by atoms with van der Waals surface area (Å²) in [5.74, 6) is -0.237. The van der Waals surface area contributed by atoms with Gasteiger partial charge in [-0.3, -0.25) is 4.90 Å². The molecule has 2 rings (SSSR count). The molecule has 24 heavy (non-hydrogen) atoms. The van der Waals surface area contributed by atoms with Crippen molar-refractivity contribution in [3.63, 3.8) is 0 Å². The second kappa shape index (κ2) is 9.52. The van der Waals surface area contributed by atoms with Gasteiger partial charge < -0.3 is 9.84 Å². The molecule has 2 aromatic rings. The number of nitrogens with zero attached hydrogens (tertiary/aromatic N) is 1. The Bertz CT molecular complexity index is 586. The van der Waals surface area contributed by atoms with Gasteiger partial charge >= 0.3 is 0 Å². The first-order chi connectivity index (χ1) is 11.5. The zero-order chi connectivity index (χ0) is 17.4. The fourth-order valence-corrected chi connectivity index (χ4v) is 2.53. The minimum atomic E-state index is -0.559. The number of benzene rings is 2. The molecule has 0 bridgehead atoms. The van der Waals surface area contributed by atoms with Gasteiger partial charge in [0.2, 0.25) is 0 Å². The summed E-state index contributed by atoms with van der Waals surface area (Å²) < 4.78 is 18.6. The minimum absolute atomic E-state index is 0.0966. The molecule has 2 aromatic carbocycles. The third-order valence-corrected chi connectivity index (χ3v) is 3.66. The van der Waals surface area contributed by atoms with Crippen molar-refractivity contribution in [1.29, 1.82) is 0 Å². The van der Waals surface area contributed by atoms with Crippen molar-refractivity contribution in [1.82, 2.24) is 4.90 Å². The molecule has 0 aliphatic carbocycles. The number of rotatable bonds is 9. The maximum absolute atomic E-state index is 13.1. The summed E-state index contributed by atoms with van der Waals surface area (Å²) in [7, 11) is 0. The fourth-order valence-electron chi connectivity index (χ4n) is 2.53. The molecule has 0 fully saturated rings. The minimum Gasteiger partial charge on any atom is -0.389 e. The predicted octanol–water partition coefficient (Wildman–Crippen LogP) is 3.61. The van der Waals surface area contributed by atoms with E-state index in [1.54, 1.807) is 12.1 Å². The average Bonchev–Trinajstić information content (AvgIpc) is 2.56. The first-order valence-electron chi connectivity index (χ1n) is 8.33. The van der Waals surface area contributed by atoms with Crippen molar-refractivity contribution in [3.05, 3.63) is 71.5 Å². The first kappa shape index (κ1) is 18.6. The number of aliphatic hydroxyl groups excluding tert-OH is 1. The molecule has 3 nitrogen and oxygen atoms in total. The number of aliphatic hydroxyl groups is 1. The Labute approximate surface area is 143 Å². The van der Waals surface area contributed by atoms with Gasteiger partial charge in [-0.25, -0.2) is 4.39 Å². The maximum Gasteiger partial charge on any atom is 0.123 e. The molecule has 0 saturated heterocycles. The van der Waals surface area contributed by atoms with Gasteiger partial charge in [-0.1, -0.05) is 42.5 Å². The molecule has 0 aliphatic heterocycles. The summed E-state index contributed by atoms with van der Waals surface area (Å²) in [5.41, 5.74) is 2.20. The monoisotopic (exact) mass is 331 g/mol. The topological polar surface area (TPSA) is 32.7 Å². The Hall–Kier alpha value is -1.75. The van der Waals surface area contributed by atoms with E-state index < -0.39 is 6.10 Å². The molecule has 0 saturated carbocycles. The summed E-state index contributed by atoms with van der Waals surface area (Å²) in [6.07, 6.45) is -0.462. The van der Waals surface area contributed by atoms with Crippen molar-refractivity contribution >= 4 is 0 Å². The van der Waals surface area contributed by atoms with Gasteiger partial charge in [-0.05, 0) is 37.1 Å². The van der Waals surface area contributed by atoms with E-state index in [1.807, 2.05) is 32.0 Å². The SMILES string of the molecule is CC(C)OC[C@H](O)CN(Cc1ccccc1)Cc1ccc(F)cc1. The van der Waals surface area contributed by atoms with Crippen LogP contribution in [0.15, 0.2) is 54.6 Å². The summed E-state index contributed by atoms with van der Waals surface area (Å²) in [4.78, 5) is 2.15. The Kier molecular flexibility index (Phi) is 7.37. The van der Waals surface area contributed by atoms with Crippen molar-refractivity contribution in [2.75, 3.05) is 13.2 Å². The van der Waals surface area contributed by atoms with Gasteiger partial charge in [0.05, 0.1) is 18.8 Å². The quantitative estimate of drug-likeness (QED) is 0.762. The molecule has 4 heteroatoms. The van der Waals surface area contributed by atoms with Crippen LogP contribution in [0.25, 0.3) is 0 Å². The molecule has 1 atom stereocenters. The summed E-state index contributed by atoms with van der Waals surface area (Å²) in [6.45, 7) is 6.08. The Balaban J connectivity index is 2.01. The van der Waals surface area contributed by atoms with E-state index in [0.717, 1.165) is 12.1 Å². The lowest BCUT2D eigenvalue weighted by molar-refractivity contribution is -0.0106. The number of ether oxygens (including phenoxy) is 1. The van der Waals surface area contributed by atoms with Crippen LogP contribution in [-0.2, 0) is 17.8 Å². The van der Waals surface area contributed by atoms with E-state index in [-0.39, 0.29) is 11.9 Å². The molecule has 0 amide bonds. The third-order valence-electron chi connectivity index (χ3n) is 3.66. The van der Waals surface area contributed by atoms with Crippen LogP contribution < -0.4 is 0 Å². The highest BCUT2D eigenvalue weighted by Crippen LogP contribution is 2.12. The molecule has 1 N–H and O–H groups in total. The highest BCUT2D eigenvalue weighted by atomic mass is 19.1. The standard InChI is InChI=1S/C20H26FNO2/c1-16(2)24-15-20(23)14-22(12-17-6-4-3-5-7-17)13-18-8-10-19(21)11-9-18/h3-11,16,20,23H,12-15H2,1-2H3/t20-/m1/s1. The number of hydrogen-bond donors (Lipinski definition) is 1. The van der Waals surface area contributed by atoms with Crippen LogP contribution in [0, 0.1) is 5.82 Å². The average molecular weight is 331 g/mol. The van der Waals surface area contributed by atoms with E-state index >= 15 is 0 Å². The molecule has 0 heterocycles. The van der Waals surface area contributed by atoms with Crippen LogP contribution in [0.3, 0.4) is 0 Å². The molecule has 0 radical (unpaired) electrons. The van der Waals surface area contributed by atoms with Crippen molar-refractivity contribution in [3.8, 4) is 0 Å². The van der Waals surface area contributed by atoms with Crippen molar-refractivity contribution in [2.45, 2.75) is 39.1 Å². The summed E-state index contributed by atoms with van der Waals surface area (Å²) >= 11 is 0. The zero-order valence-corrected chi connectivity index (χ0v) is 14.4. The first-order valence-corrected chi connectivity index (χ1v) is 8.33. The number of hydrogen-bond acceptors (Lipinski definition) is 3. The van der Waals surface area contributed by atoms with Crippen LogP contribution in [-0.4, -0.2) is 35.4 Å². The highest BCUT2D eigenvalue weighted by molar-refractivity contribution is 5.17. The molecule has 0 spiro atoms. The lowest BCUT2D eigenvalue weighted by atomic mass is 10.1. The Morgan fingerprint density at radius 2 is 1.54 bits per heavy atom. The third kappa shape index (κ3) is 6.79. The van der Waals surface area contributed by atoms with E-state index in [0.29, 0.717) is 19.7 Å². The summed E-state index contributed by atoms with van der Waals surface area (Å²) in [5, 5.41) is 10.2. The second-order valence-corrected chi connectivity index (χ2v) is 6.32. The molecular formula is C20H26FNO2. The van der Waals surface area contributed by atoms with Gasteiger partial charge in [0.15, 0.2) is 0 Å².